The molecule has 142 valence electrons. The van der Waals surface area contributed by atoms with Crippen LogP contribution in [0.1, 0.15) is 46.5 Å². The van der Waals surface area contributed by atoms with E-state index in [1.165, 1.54) is 12.8 Å². The van der Waals surface area contributed by atoms with Gasteiger partial charge in [-0.3, -0.25) is 9.59 Å². The summed E-state index contributed by atoms with van der Waals surface area (Å²) in [5.74, 6) is 1.53. The van der Waals surface area contributed by atoms with Gasteiger partial charge in [0.05, 0.1) is 18.2 Å². The van der Waals surface area contributed by atoms with E-state index in [0.717, 1.165) is 6.42 Å². The van der Waals surface area contributed by atoms with Crippen LogP contribution >= 0.6 is 0 Å². The van der Waals surface area contributed by atoms with Crippen LogP contribution in [0.4, 0.5) is 5.69 Å². The van der Waals surface area contributed by atoms with Crippen LogP contribution in [0.2, 0.25) is 0 Å². The van der Waals surface area contributed by atoms with E-state index in [1.54, 1.807) is 0 Å². The van der Waals surface area contributed by atoms with Gasteiger partial charge in [0.25, 0.3) is 0 Å². The van der Waals surface area contributed by atoms with Gasteiger partial charge in [0.15, 0.2) is 0 Å². The number of para-hydroxylation sites is 2. The lowest BCUT2D eigenvalue weighted by Crippen LogP contribution is -2.45. The summed E-state index contributed by atoms with van der Waals surface area (Å²) in [5, 5.41) is 2.96. The molecule has 0 radical (unpaired) electrons. The molecule has 3 rings (SSSR count). The van der Waals surface area contributed by atoms with Gasteiger partial charge in [-0.25, -0.2) is 0 Å². The molecule has 2 amide bonds. The van der Waals surface area contributed by atoms with Crippen LogP contribution < -0.4 is 10.1 Å². The standard InChI is InChI=1S/C21H30N2O3/c1-4-26-19-11-6-5-9-17(19)22-21(25)16-12-20(24)23(13-16)18-10-7-8-14(2)15(18)3/h5-6,9,11,14-16,18H,4,7-8,10,12-13H2,1-3H3,(H,22,25)/t14-,15-,16-,18-/m0/s1. The van der Waals surface area contributed by atoms with Crippen LogP contribution in [0.5, 0.6) is 5.75 Å². The lowest BCUT2D eigenvalue weighted by Gasteiger charge is -2.40. The van der Waals surface area contributed by atoms with Crippen molar-refractivity contribution in [2.75, 3.05) is 18.5 Å². The maximum atomic E-state index is 12.7. The van der Waals surface area contributed by atoms with Crippen molar-refractivity contribution in [1.29, 1.82) is 0 Å². The summed E-state index contributed by atoms with van der Waals surface area (Å²) in [7, 11) is 0. The minimum absolute atomic E-state index is 0.0930. The van der Waals surface area contributed by atoms with Crippen LogP contribution in [0.15, 0.2) is 24.3 Å². The molecule has 5 heteroatoms. The molecule has 2 aliphatic rings. The summed E-state index contributed by atoms with van der Waals surface area (Å²) in [6, 6.07) is 7.71. The highest BCUT2D eigenvalue weighted by Crippen LogP contribution is 2.36. The van der Waals surface area contributed by atoms with Crippen molar-refractivity contribution in [1.82, 2.24) is 4.90 Å². The van der Waals surface area contributed by atoms with Crippen molar-refractivity contribution in [2.45, 2.75) is 52.5 Å². The van der Waals surface area contributed by atoms with Gasteiger partial charge in [-0.05, 0) is 37.3 Å². The van der Waals surface area contributed by atoms with Crippen LogP contribution in [0.3, 0.4) is 0 Å². The number of hydrogen-bond donors (Lipinski definition) is 1. The average molecular weight is 358 g/mol. The summed E-state index contributed by atoms with van der Waals surface area (Å²) in [6.07, 6.45) is 3.76. The zero-order valence-electron chi connectivity index (χ0n) is 16.0. The number of rotatable bonds is 5. The molecule has 5 nitrogen and oxygen atoms in total. The molecule has 0 spiro atoms. The lowest BCUT2D eigenvalue weighted by atomic mass is 9.77. The molecule has 1 aromatic carbocycles. The first-order valence-corrected chi connectivity index (χ1v) is 9.83. The largest absolute Gasteiger partial charge is 0.492 e. The van der Waals surface area contributed by atoms with E-state index in [4.69, 9.17) is 4.74 Å². The highest BCUT2D eigenvalue weighted by molar-refractivity contribution is 5.98. The first-order chi connectivity index (χ1) is 12.5. The molecule has 4 atom stereocenters. The SMILES string of the molecule is CCOc1ccccc1NC(=O)[C@H]1CC(=O)N([C@H]2CCC[C@H](C)[C@@H]2C)C1. The van der Waals surface area contributed by atoms with Crippen molar-refractivity contribution in [2.24, 2.45) is 17.8 Å². The fourth-order valence-corrected chi connectivity index (χ4v) is 4.31. The maximum Gasteiger partial charge on any atom is 0.229 e. The number of benzene rings is 1. The summed E-state index contributed by atoms with van der Waals surface area (Å²) in [6.45, 7) is 7.50. The molecule has 0 bridgehead atoms. The number of nitrogens with zero attached hydrogens (tertiary/aromatic N) is 1. The molecule has 1 aromatic rings. The molecule has 1 saturated heterocycles. The van der Waals surface area contributed by atoms with Crippen molar-refractivity contribution in [3.8, 4) is 5.75 Å². The summed E-state index contributed by atoms with van der Waals surface area (Å²) >= 11 is 0. The molecule has 0 unspecified atom stereocenters. The minimum atomic E-state index is -0.290. The van der Waals surface area contributed by atoms with Crippen molar-refractivity contribution in [3.05, 3.63) is 24.3 Å². The van der Waals surface area contributed by atoms with Crippen molar-refractivity contribution < 1.29 is 14.3 Å². The third-order valence-corrected chi connectivity index (χ3v) is 6.04. The third-order valence-electron chi connectivity index (χ3n) is 6.04. The highest BCUT2D eigenvalue weighted by Gasteiger charge is 2.41. The number of carbonyl (C=O) groups is 2. The zero-order chi connectivity index (χ0) is 18.7. The second kappa shape index (κ2) is 8.11. The Balaban J connectivity index is 1.66. The Kier molecular flexibility index (Phi) is 5.84. The number of carbonyl (C=O) groups excluding carboxylic acids is 2. The molecule has 1 saturated carbocycles. The van der Waals surface area contributed by atoms with E-state index in [-0.39, 0.29) is 23.8 Å². The Morgan fingerprint density at radius 3 is 2.81 bits per heavy atom. The Bertz CT molecular complexity index is 660. The number of likely N-dealkylation sites (tertiary alicyclic amines) is 1. The topological polar surface area (TPSA) is 58.6 Å². The fraction of sp³-hybridized carbons (Fsp3) is 0.619. The van der Waals surface area contributed by atoms with Gasteiger partial charge in [-0.2, -0.15) is 0 Å². The summed E-state index contributed by atoms with van der Waals surface area (Å²) < 4.78 is 5.57. The predicted octanol–water partition coefficient (Wildman–Crippen LogP) is 3.70. The van der Waals surface area contributed by atoms with Gasteiger partial charge >= 0.3 is 0 Å². The number of anilines is 1. The van der Waals surface area contributed by atoms with Crippen LogP contribution in [0, 0.1) is 17.8 Å². The van der Waals surface area contributed by atoms with E-state index in [9.17, 15) is 9.59 Å². The molecule has 26 heavy (non-hydrogen) atoms. The quantitative estimate of drug-likeness (QED) is 0.873. The van der Waals surface area contributed by atoms with Crippen molar-refractivity contribution in [3.63, 3.8) is 0 Å². The van der Waals surface area contributed by atoms with E-state index >= 15 is 0 Å². The van der Waals surface area contributed by atoms with Gasteiger partial charge in [0.1, 0.15) is 5.75 Å². The van der Waals surface area contributed by atoms with Gasteiger partial charge in [0.2, 0.25) is 11.8 Å². The van der Waals surface area contributed by atoms with Crippen LogP contribution in [-0.2, 0) is 9.59 Å². The van der Waals surface area contributed by atoms with Crippen molar-refractivity contribution >= 4 is 17.5 Å². The Labute approximate surface area is 156 Å². The normalized spacial score (nSPS) is 28.9. The maximum absolute atomic E-state index is 12.7. The molecular weight excluding hydrogens is 328 g/mol. The predicted molar refractivity (Wildman–Crippen MR) is 102 cm³/mol. The van der Waals surface area contributed by atoms with E-state index in [0.29, 0.717) is 42.8 Å². The monoisotopic (exact) mass is 358 g/mol. The van der Waals surface area contributed by atoms with E-state index < -0.39 is 0 Å². The Hall–Kier alpha value is -2.04. The number of ether oxygens (including phenoxy) is 1. The molecule has 2 fully saturated rings. The molecule has 1 N–H and O–H groups in total. The first-order valence-electron chi connectivity index (χ1n) is 9.83. The molecule has 1 heterocycles. The second-order valence-corrected chi connectivity index (χ2v) is 7.70. The van der Waals surface area contributed by atoms with Gasteiger partial charge < -0.3 is 15.0 Å². The summed E-state index contributed by atoms with van der Waals surface area (Å²) in [5.41, 5.74) is 0.671. The van der Waals surface area contributed by atoms with E-state index in [2.05, 4.69) is 19.2 Å². The smallest absolute Gasteiger partial charge is 0.229 e. The van der Waals surface area contributed by atoms with Gasteiger partial charge in [-0.1, -0.05) is 38.8 Å². The first kappa shape index (κ1) is 18.7. The van der Waals surface area contributed by atoms with Gasteiger partial charge in [-0.15, -0.1) is 0 Å². The lowest BCUT2D eigenvalue weighted by molar-refractivity contribution is -0.131. The fourth-order valence-electron chi connectivity index (χ4n) is 4.31. The zero-order valence-corrected chi connectivity index (χ0v) is 16.0. The minimum Gasteiger partial charge on any atom is -0.492 e. The van der Waals surface area contributed by atoms with Crippen LogP contribution in [-0.4, -0.2) is 35.9 Å². The van der Waals surface area contributed by atoms with Gasteiger partial charge in [0, 0.05) is 19.0 Å². The number of amides is 2. The highest BCUT2D eigenvalue weighted by atomic mass is 16.5. The van der Waals surface area contributed by atoms with Crippen LogP contribution in [0.25, 0.3) is 0 Å². The Morgan fingerprint density at radius 2 is 2.04 bits per heavy atom. The number of nitrogens with one attached hydrogen (secondary N) is 1. The molecule has 0 aromatic heterocycles. The Morgan fingerprint density at radius 1 is 1.27 bits per heavy atom. The van der Waals surface area contributed by atoms with E-state index in [1.807, 2.05) is 36.1 Å². The second-order valence-electron chi connectivity index (χ2n) is 7.70. The summed E-state index contributed by atoms with van der Waals surface area (Å²) in [4.78, 5) is 27.3. The molecule has 1 aliphatic heterocycles. The third kappa shape index (κ3) is 3.87. The number of hydrogen-bond acceptors (Lipinski definition) is 3. The average Bonchev–Trinajstić information content (AvgIpc) is 3.01. The molecular formula is C21H30N2O3. The molecule has 1 aliphatic carbocycles.